The fourth-order valence-corrected chi connectivity index (χ4v) is 7.81. The molecule has 2 aliphatic rings. The van der Waals surface area contributed by atoms with Gasteiger partial charge in [0, 0.05) is 31.7 Å². The van der Waals surface area contributed by atoms with Crippen LogP contribution in [0.25, 0.3) is 0 Å². The van der Waals surface area contributed by atoms with E-state index in [2.05, 4.69) is 4.99 Å². The zero-order valence-electron chi connectivity index (χ0n) is 27.5. The van der Waals surface area contributed by atoms with Crippen LogP contribution in [-0.2, 0) is 30.8 Å². The molecule has 0 spiro atoms. The summed E-state index contributed by atoms with van der Waals surface area (Å²) in [5.74, 6) is 0.987. The second kappa shape index (κ2) is 14.3. The quantitative estimate of drug-likeness (QED) is 0.374. The third-order valence-electron chi connectivity index (χ3n) is 7.86. The highest BCUT2D eigenvalue weighted by Gasteiger charge is 2.36. The minimum atomic E-state index is -3.77. The fraction of sp³-hybridized carbons (Fsp3) is 0.545. The third-order valence-corrected chi connectivity index (χ3v) is 10.1. The Morgan fingerprint density at radius 1 is 1.04 bits per heavy atom. The monoisotopic (exact) mass is 642 g/mol. The average Bonchev–Trinajstić information content (AvgIpc) is 3.47. The molecule has 0 aromatic heterocycles. The molecule has 0 bridgehead atoms. The number of hydrogen-bond donors (Lipinski definition) is 0. The van der Waals surface area contributed by atoms with Crippen LogP contribution in [0.3, 0.4) is 0 Å². The maximum Gasteiger partial charge on any atom is 0.416 e. The molecule has 2 aromatic carbocycles. The third kappa shape index (κ3) is 8.42. The van der Waals surface area contributed by atoms with Crippen LogP contribution < -0.4 is 4.74 Å². The van der Waals surface area contributed by atoms with E-state index in [9.17, 15) is 18.0 Å². The van der Waals surface area contributed by atoms with Gasteiger partial charge in [0.2, 0.25) is 15.9 Å². The molecule has 45 heavy (non-hydrogen) atoms. The number of aliphatic imine (C=N–C) groups is 1. The van der Waals surface area contributed by atoms with Crippen molar-refractivity contribution < 1.29 is 32.2 Å². The van der Waals surface area contributed by atoms with E-state index in [1.54, 1.807) is 49.9 Å². The van der Waals surface area contributed by atoms with E-state index in [0.29, 0.717) is 60.2 Å². The predicted molar refractivity (Wildman–Crippen MR) is 172 cm³/mol. The smallest absolute Gasteiger partial charge is 0.416 e. The number of methoxy groups -OCH3 is 1. The predicted octanol–water partition coefficient (Wildman–Crippen LogP) is 4.53. The van der Waals surface area contributed by atoms with Crippen molar-refractivity contribution in [3.63, 3.8) is 0 Å². The van der Waals surface area contributed by atoms with Crippen molar-refractivity contribution in [3.05, 3.63) is 58.7 Å². The fourth-order valence-electron chi connectivity index (χ4n) is 5.71. The highest BCUT2D eigenvalue weighted by atomic mass is 32.2. The van der Waals surface area contributed by atoms with Gasteiger partial charge in [-0.25, -0.2) is 13.2 Å². The second-order valence-corrected chi connectivity index (χ2v) is 14.5. The van der Waals surface area contributed by atoms with Crippen LogP contribution in [0.4, 0.5) is 4.79 Å². The lowest BCUT2D eigenvalue weighted by Crippen LogP contribution is -2.46. The summed E-state index contributed by atoms with van der Waals surface area (Å²) >= 11 is 0. The van der Waals surface area contributed by atoms with Gasteiger partial charge in [0.15, 0.2) is 0 Å². The largest absolute Gasteiger partial charge is 0.497 e. The Hall–Kier alpha value is -3.48. The van der Waals surface area contributed by atoms with E-state index in [0.717, 1.165) is 24.0 Å². The molecule has 11 nitrogen and oxygen atoms in total. The molecule has 0 aliphatic carbocycles. The Labute approximate surface area is 267 Å². The first kappa shape index (κ1) is 34.4. The molecule has 1 atom stereocenters. The van der Waals surface area contributed by atoms with Crippen molar-refractivity contribution in [1.82, 2.24) is 14.1 Å². The van der Waals surface area contributed by atoms with Crippen molar-refractivity contribution >= 4 is 27.9 Å². The molecule has 12 heteroatoms. The molecule has 4 rings (SSSR count). The average molecular weight is 643 g/mol. The van der Waals surface area contributed by atoms with E-state index in [4.69, 9.17) is 14.2 Å². The number of amides is 2. The van der Waals surface area contributed by atoms with Gasteiger partial charge in [-0.2, -0.15) is 4.31 Å². The van der Waals surface area contributed by atoms with E-state index < -0.39 is 21.7 Å². The summed E-state index contributed by atoms with van der Waals surface area (Å²) in [7, 11) is -0.501. The van der Waals surface area contributed by atoms with Gasteiger partial charge in [-0.1, -0.05) is 30.7 Å². The zero-order chi connectivity index (χ0) is 32.9. The molecule has 2 amide bonds. The Kier molecular flexibility index (Phi) is 10.9. The number of carbonyl (C=O) groups excluding carboxylic acids is 2. The first-order valence-electron chi connectivity index (χ1n) is 15.3. The summed E-state index contributed by atoms with van der Waals surface area (Å²) in [6.07, 6.45) is 1.91. The number of piperidine rings is 1. The Morgan fingerprint density at radius 2 is 1.71 bits per heavy atom. The van der Waals surface area contributed by atoms with Gasteiger partial charge in [-0.05, 0) is 76.3 Å². The maximum absolute atomic E-state index is 13.8. The summed E-state index contributed by atoms with van der Waals surface area (Å²) in [5.41, 5.74) is 2.38. The van der Waals surface area contributed by atoms with E-state index in [-0.39, 0.29) is 25.2 Å². The van der Waals surface area contributed by atoms with Gasteiger partial charge in [-0.3, -0.25) is 14.7 Å². The van der Waals surface area contributed by atoms with Gasteiger partial charge >= 0.3 is 6.09 Å². The summed E-state index contributed by atoms with van der Waals surface area (Å²) in [5, 5.41) is 0. The van der Waals surface area contributed by atoms with Gasteiger partial charge in [0.25, 0.3) is 0 Å². The minimum absolute atomic E-state index is 0.137. The van der Waals surface area contributed by atoms with Gasteiger partial charge in [0.1, 0.15) is 23.8 Å². The molecule has 0 radical (unpaired) electrons. The molecule has 1 unspecified atom stereocenters. The van der Waals surface area contributed by atoms with E-state index in [1.165, 1.54) is 4.31 Å². The number of sulfonamides is 1. The first-order chi connectivity index (χ1) is 21.2. The van der Waals surface area contributed by atoms with E-state index >= 15 is 0 Å². The molecule has 2 heterocycles. The van der Waals surface area contributed by atoms with Crippen LogP contribution in [0, 0.1) is 13.8 Å². The molecule has 0 N–H and O–H groups in total. The molecular weight excluding hydrogens is 596 g/mol. The molecule has 1 saturated heterocycles. The Morgan fingerprint density at radius 3 is 2.33 bits per heavy atom. The summed E-state index contributed by atoms with van der Waals surface area (Å²) in [6.45, 7) is 10.8. The van der Waals surface area contributed by atoms with Crippen molar-refractivity contribution in [2.45, 2.75) is 77.0 Å². The van der Waals surface area contributed by atoms with Crippen LogP contribution >= 0.6 is 0 Å². The van der Waals surface area contributed by atoms with Gasteiger partial charge in [-0.15, -0.1) is 0 Å². The van der Waals surface area contributed by atoms with Crippen LogP contribution in [0.2, 0.25) is 0 Å². The van der Waals surface area contributed by atoms with Crippen LogP contribution in [0.1, 0.15) is 62.3 Å². The highest BCUT2D eigenvalue weighted by Crippen LogP contribution is 2.32. The SMILES string of the molecule is COc1cc(C)c(S(=O)(=O)N2CCCCC2COCC(=O)N(C)Cc2ccc(C3=NCCN3C(=O)OC(C)(C)C)cc2)c(C)c1. The zero-order valence-corrected chi connectivity index (χ0v) is 28.3. The van der Waals surface area contributed by atoms with Crippen molar-refractivity contribution in [2.24, 2.45) is 4.99 Å². The lowest BCUT2D eigenvalue weighted by molar-refractivity contribution is -0.135. The topological polar surface area (TPSA) is 118 Å². The number of rotatable bonds is 10. The van der Waals surface area contributed by atoms with Gasteiger partial charge < -0.3 is 19.1 Å². The lowest BCUT2D eigenvalue weighted by Gasteiger charge is -2.35. The number of ether oxygens (including phenoxy) is 3. The summed E-state index contributed by atoms with van der Waals surface area (Å²) in [4.78, 5) is 33.5. The van der Waals surface area contributed by atoms with Crippen LogP contribution in [0.5, 0.6) is 5.75 Å². The first-order valence-corrected chi connectivity index (χ1v) is 16.8. The Balaban J connectivity index is 1.32. The maximum atomic E-state index is 13.8. The number of aryl methyl sites for hydroxylation is 2. The second-order valence-electron chi connectivity index (χ2n) is 12.7. The lowest BCUT2D eigenvalue weighted by atomic mass is 10.1. The molecule has 246 valence electrons. The van der Waals surface area contributed by atoms with Crippen molar-refractivity contribution in [2.75, 3.05) is 47.0 Å². The van der Waals surface area contributed by atoms with Gasteiger partial charge in [0.05, 0.1) is 31.7 Å². The number of amidine groups is 1. The number of carbonyl (C=O) groups is 2. The Bertz CT molecular complexity index is 1490. The number of benzene rings is 2. The molecule has 1 fully saturated rings. The van der Waals surface area contributed by atoms with Crippen molar-refractivity contribution in [3.8, 4) is 5.75 Å². The van der Waals surface area contributed by atoms with Crippen LogP contribution in [-0.4, -0.2) is 99.0 Å². The number of likely N-dealkylation sites (N-methyl/N-ethyl adjacent to an activating group) is 1. The molecule has 2 aliphatic heterocycles. The van der Waals surface area contributed by atoms with Crippen LogP contribution in [0.15, 0.2) is 46.3 Å². The standard InChI is InChI=1S/C33H46N4O7S/c1-23-18-28(42-7)19-24(2)30(23)45(40,41)37-16-9-8-10-27(37)21-43-22-29(38)35(6)20-25-11-13-26(14-12-25)31-34-15-17-36(31)32(39)44-33(3,4)5/h11-14,18-19,27H,8-10,15-17,20-22H2,1-7H3. The minimum Gasteiger partial charge on any atom is -0.497 e. The number of nitrogens with zero attached hydrogens (tertiary/aromatic N) is 4. The number of hydrogen-bond acceptors (Lipinski definition) is 8. The summed E-state index contributed by atoms with van der Waals surface area (Å²) < 4.78 is 45.8. The molecular formula is C33H46N4O7S. The highest BCUT2D eigenvalue weighted by molar-refractivity contribution is 7.89. The van der Waals surface area contributed by atoms with Crippen molar-refractivity contribution in [1.29, 1.82) is 0 Å². The molecule has 2 aromatic rings. The van der Waals surface area contributed by atoms with E-state index in [1.807, 2.05) is 45.0 Å². The normalized spacial score (nSPS) is 17.6. The summed E-state index contributed by atoms with van der Waals surface area (Å²) in [6, 6.07) is 10.7. The molecule has 0 saturated carbocycles.